The Kier molecular flexibility index (Phi) is 41.4. The van der Waals surface area contributed by atoms with Crippen LogP contribution < -0.4 is 4.74 Å². The fraction of sp³-hybridized carbons (Fsp3) is 0.742. The fourth-order valence-electron chi connectivity index (χ4n) is 9.17. The van der Waals surface area contributed by atoms with E-state index in [1.54, 1.807) is 36.4 Å². The van der Waals surface area contributed by atoms with Gasteiger partial charge in [-0.25, -0.2) is 0 Å². The molecule has 0 aromatic heterocycles. The molecule has 3 rings (SSSR count). The Morgan fingerprint density at radius 1 is 0.613 bits per heavy atom. The van der Waals surface area contributed by atoms with E-state index in [4.69, 9.17) is 18.9 Å². The largest absolute Gasteiger partial charge is 0.508 e. The number of unbranched alkanes of at least 4 members (excludes halogenated alkanes) is 14. The van der Waals surface area contributed by atoms with Crippen molar-refractivity contribution in [3.8, 4) is 11.5 Å². The summed E-state index contributed by atoms with van der Waals surface area (Å²) in [6.45, 7) is 17.0. The van der Waals surface area contributed by atoms with Gasteiger partial charge in [-0.05, 0) is 145 Å². The fourth-order valence-corrected chi connectivity index (χ4v) is 11.3. The Labute approximate surface area is 464 Å². The third-order valence-corrected chi connectivity index (χ3v) is 16.5. The molecule has 0 amide bonds. The van der Waals surface area contributed by atoms with Crippen LogP contribution in [0, 0.1) is 11.8 Å². The highest BCUT2D eigenvalue weighted by atomic mass is 33.1. The molecule has 1 N–H and O–H groups in total. The Hall–Kier alpha value is -3.26. The molecule has 75 heavy (non-hydrogen) atoms. The maximum atomic E-state index is 12.7. The molecule has 0 aliphatic carbocycles. The van der Waals surface area contributed by atoms with Crippen LogP contribution in [0.25, 0.3) is 0 Å². The third-order valence-electron chi connectivity index (χ3n) is 14.1. The minimum Gasteiger partial charge on any atom is -0.508 e. The number of likely N-dealkylation sites (tertiary alicyclic amines) is 1. The molecule has 0 bridgehead atoms. The summed E-state index contributed by atoms with van der Waals surface area (Å²) in [4.78, 5) is 54.9. The van der Waals surface area contributed by atoms with Gasteiger partial charge in [-0.1, -0.05) is 164 Å². The van der Waals surface area contributed by atoms with Crippen LogP contribution in [0.2, 0.25) is 0 Å². The number of benzene rings is 2. The van der Waals surface area contributed by atoms with E-state index >= 15 is 0 Å². The Balaban J connectivity index is 0.00000950. The first-order valence-corrected chi connectivity index (χ1v) is 32.2. The monoisotopic (exact) mass is 1080 g/mol. The predicted octanol–water partition coefficient (Wildman–Crippen LogP) is 15.2. The van der Waals surface area contributed by atoms with Gasteiger partial charge in [0, 0.05) is 37.4 Å². The van der Waals surface area contributed by atoms with E-state index in [9.17, 15) is 24.3 Å². The Morgan fingerprint density at radius 3 is 1.71 bits per heavy atom. The molecule has 1 aliphatic heterocycles. The number of carbonyl (C=O) groups excluding carboxylic acids is 4. The zero-order chi connectivity index (χ0) is 54.6. The van der Waals surface area contributed by atoms with E-state index in [1.807, 2.05) is 47.6 Å². The van der Waals surface area contributed by atoms with Crippen LogP contribution in [-0.4, -0.2) is 109 Å². The van der Waals surface area contributed by atoms with Crippen molar-refractivity contribution in [1.82, 2.24) is 9.80 Å². The number of phenols is 1. The second-order valence-corrected chi connectivity index (χ2v) is 23.5. The number of ether oxygens (including phenoxy) is 4. The number of esters is 4. The summed E-state index contributed by atoms with van der Waals surface area (Å²) < 4.78 is 22.6. The number of aromatic hydroxyl groups is 1. The molecule has 1 saturated heterocycles. The van der Waals surface area contributed by atoms with Gasteiger partial charge in [0.25, 0.3) is 0 Å². The van der Waals surface area contributed by atoms with Crippen LogP contribution in [-0.2, 0) is 46.2 Å². The molecule has 428 valence electrons. The first kappa shape index (κ1) is 67.8. The number of hydrogen-bond acceptors (Lipinski definition) is 13. The van der Waals surface area contributed by atoms with Crippen LogP contribution in [0.1, 0.15) is 213 Å². The molecule has 2 aromatic rings. The Bertz CT molecular complexity index is 1710. The molecule has 1 aliphatic rings. The van der Waals surface area contributed by atoms with Gasteiger partial charge in [-0.3, -0.25) is 19.2 Å². The smallest absolute Gasteiger partial charge is 0.311 e. The summed E-state index contributed by atoms with van der Waals surface area (Å²) in [6.07, 6.45) is 27.9. The highest BCUT2D eigenvalue weighted by molar-refractivity contribution is 8.76. The molecular formula is C62H104N2O9S2. The van der Waals surface area contributed by atoms with Gasteiger partial charge < -0.3 is 33.9 Å². The molecule has 0 radical (unpaired) electrons. The molecule has 2 aromatic carbocycles. The number of hydrogen-bond donors (Lipinski definition) is 1. The van der Waals surface area contributed by atoms with Crippen molar-refractivity contribution in [1.29, 1.82) is 0 Å². The lowest BCUT2D eigenvalue weighted by molar-refractivity contribution is -0.150. The van der Waals surface area contributed by atoms with E-state index in [0.29, 0.717) is 43.6 Å². The predicted molar refractivity (Wildman–Crippen MR) is 314 cm³/mol. The molecule has 1 unspecified atom stereocenters. The van der Waals surface area contributed by atoms with Gasteiger partial charge in [0.15, 0.2) is 0 Å². The summed E-state index contributed by atoms with van der Waals surface area (Å²) in [5.74, 6) is 3.18. The first-order chi connectivity index (χ1) is 36.5. The van der Waals surface area contributed by atoms with Crippen molar-refractivity contribution < 1.29 is 43.2 Å². The van der Waals surface area contributed by atoms with Crippen molar-refractivity contribution >= 4 is 45.5 Å². The highest BCUT2D eigenvalue weighted by Gasteiger charge is 2.20. The lowest BCUT2D eigenvalue weighted by Gasteiger charge is -2.31. The minimum absolute atomic E-state index is 0.0521. The average Bonchev–Trinajstić information content (AvgIpc) is 3.40. The van der Waals surface area contributed by atoms with Crippen LogP contribution >= 0.6 is 21.6 Å². The molecule has 0 saturated carbocycles. The normalized spacial score (nSPS) is 13.3. The maximum Gasteiger partial charge on any atom is 0.311 e. The third kappa shape index (κ3) is 37.2. The van der Waals surface area contributed by atoms with E-state index in [1.165, 1.54) is 64.2 Å². The van der Waals surface area contributed by atoms with Crippen molar-refractivity contribution in [2.24, 2.45) is 11.8 Å². The summed E-state index contributed by atoms with van der Waals surface area (Å²) >= 11 is 0. The molecular weight excluding hydrogens is 981 g/mol. The number of nitrogens with zero attached hydrogens (tertiary/aromatic N) is 2. The van der Waals surface area contributed by atoms with Gasteiger partial charge in [0.05, 0.1) is 26.1 Å². The van der Waals surface area contributed by atoms with E-state index in [2.05, 4.69) is 37.6 Å². The molecule has 0 spiro atoms. The summed E-state index contributed by atoms with van der Waals surface area (Å²) in [6, 6.07) is 13.8. The van der Waals surface area contributed by atoms with Crippen molar-refractivity contribution in [2.75, 3.05) is 64.5 Å². The number of piperidine rings is 1. The quantitative estimate of drug-likeness (QED) is 0.0222. The Morgan fingerprint density at radius 2 is 1.12 bits per heavy atom. The topological polar surface area (TPSA) is 132 Å². The summed E-state index contributed by atoms with van der Waals surface area (Å²) in [5.41, 5.74) is 1.67. The standard InChI is InChI=1S/C60H98N2O9S2.C2H6/c1-5-7-9-11-14-18-22-55(23-19-15-12-10-8-6-2)70-57(64)24-20-16-13-17-21-25-58(65)71-56-32-28-53(29-33-56)49-60(67)69-45-38-51-35-40-62(41-36-51)43-47-73-72-46-42-61(4)39-34-50(3)37-44-68-59(66)48-52-26-30-54(63)31-27-52;1-2/h26-33,50-51,55,63H,5-25,34-49H2,1-4H3;1-2H3. The maximum absolute atomic E-state index is 12.7. The van der Waals surface area contributed by atoms with Gasteiger partial charge >= 0.3 is 23.9 Å². The van der Waals surface area contributed by atoms with Gasteiger partial charge in [-0.2, -0.15) is 0 Å². The van der Waals surface area contributed by atoms with Crippen molar-refractivity contribution in [2.45, 2.75) is 221 Å². The second kappa shape index (κ2) is 45.7. The lowest BCUT2D eigenvalue weighted by Crippen LogP contribution is -2.35. The summed E-state index contributed by atoms with van der Waals surface area (Å²) in [5, 5.41) is 9.40. The van der Waals surface area contributed by atoms with E-state index < -0.39 is 0 Å². The number of phenolic OH excluding ortho intramolecular Hbond substituents is 1. The SMILES string of the molecule is CC.CCCCCCCCC(CCCCCCCC)OC(=O)CCCCCCCC(=O)Oc1ccc(CC(=O)OCCC2CCN(CCSSCCN(C)CCC(C)CCOC(=O)Cc3ccc(O)cc3)CC2)cc1. The van der Waals surface area contributed by atoms with Crippen molar-refractivity contribution in [3.05, 3.63) is 59.7 Å². The highest BCUT2D eigenvalue weighted by Crippen LogP contribution is 2.25. The molecule has 1 fully saturated rings. The number of carbonyl (C=O) groups is 4. The van der Waals surface area contributed by atoms with Crippen LogP contribution in [0.4, 0.5) is 0 Å². The van der Waals surface area contributed by atoms with Crippen molar-refractivity contribution in [3.63, 3.8) is 0 Å². The first-order valence-electron chi connectivity index (χ1n) is 29.8. The lowest BCUT2D eigenvalue weighted by atomic mass is 9.94. The van der Waals surface area contributed by atoms with E-state index in [0.717, 1.165) is 145 Å². The van der Waals surface area contributed by atoms with Gasteiger partial charge in [0.1, 0.15) is 17.6 Å². The average molecular weight is 1090 g/mol. The van der Waals surface area contributed by atoms with Crippen LogP contribution in [0.3, 0.4) is 0 Å². The molecule has 1 heterocycles. The minimum atomic E-state index is -0.255. The second-order valence-electron chi connectivity index (χ2n) is 20.8. The molecule has 11 nitrogen and oxygen atoms in total. The summed E-state index contributed by atoms with van der Waals surface area (Å²) in [7, 11) is 6.09. The van der Waals surface area contributed by atoms with E-state index in [-0.39, 0.29) is 48.6 Å². The van der Waals surface area contributed by atoms with Gasteiger partial charge in [-0.15, -0.1) is 0 Å². The van der Waals surface area contributed by atoms with Crippen LogP contribution in [0.15, 0.2) is 48.5 Å². The zero-order valence-corrected chi connectivity index (χ0v) is 49.6. The van der Waals surface area contributed by atoms with Gasteiger partial charge in [0.2, 0.25) is 0 Å². The molecule has 1 atom stereocenters. The zero-order valence-electron chi connectivity index (χ0n) is 47.9. The molecule has 13 heteroatoms. The van der Waals surface area contributed by atoms with Crippen LogP contribution in [0.5, 0.6) is 11.5 Å². The number of rotatable bonds is 44.